The molecule has 0 fully saturated rings. The quantitative estimate of drug-likeness (QED) is 0.852. The number of aryl methyl sites for hydroxylation is 2. The van der Waals surface area contributed by atoms with E-state index in [1.54, 1.807) is 0 Å². The summed E-state index contributed by atoms with van der Waals surface area (Å²) in [5.41, 5.74) is 0.178. The SMILES string of the molecule is Cc1cc(OC(F)(F)C(F)(F)C(F)F)cc(C)c1O. The van der Waals surface area contributed by atoms with Crippen molar-refractivity contribution in [1.29, 1.82) is 0 Å². The zero-order valence-electron chi connectivity index (χ0n) is 9.86. The molecule has 0 spiro atoms. The van der Waals surface area contributed by atoms with Crippen LogP contribution in [0.1, 0.15) is 11.1 Å². The molecule has 1 aromatic rings. The molecule has 0 saturated heterocycles. The van der Waals surface area contributed by atoms with Gasteiger partial charge >= 0.3 is 18.5 Å². The molecule has 0 saturated carbocycles. The van der Waals surface area contributed by atoms with Crippen molar-refractivity contribution in [3.8, 4) is 11.5 Å². The monoisotopic (exact) mass is 288 g/mol. The third-order valence-electron chi connectivity index (χ3n) is 2.37. The fraction of sp³-hybridized carbons (Fsp3) is 0.455. The Morgan fingerprint density at radius 2 is 1.47 bits per heavy atom. The van der Waals surface area contributed by atoms with Gasteiger partial charge in [-0.2, -0.15) is 17.6 Å². The predicted molar refractivity (Wildman–Crippen MR) is 54.1 cm³/mol. The molecular formula is C11H10F6O2. The number of phenolic OH excluding ortho intramolecular Hbond substituents is 1. The number of phenols is 1. The van der Waals surface area contributed by atoms with Crippen molar-refractivity contribution in [2.45, 2.75) is 32.3 Å². The maximum atomic E-state index is 13.0. The summed E-state index contributed by atoms with van der Waals surface area (Å²) in [5, 5.41) is 9.37. The fourth-order valence-corrected chi connectivity index (χ4v) is 1.32. The Kier molecular flexibility index (Phi) is 3.92. The van der Waals surface area contributed by atoms with Gasteiger partial charge in [-0.1, -0.05) is 0 Å². The van der Waals surface area contributed by atoms with Crippen molar-refractivity contribution >= 4 is 0 Å². The summed E-state index contributed by atoms with van der Waals surface area (Å²) in [4.78, 5) is 0. The molecular weight excluding hydrogens is 278 g/mol. The predicted octanol–water partition coefficient (Wildman–Crippen LogP) is 3.88. The van der Waals surface area contributed by atoms with Gasteiger partial charge in [0.05, 0.1) is 0 Å². The van der Waals surface area contributed by atoms with E-state index in [2.05, 4.69) is 4.74 Å². The Hall–Kier alpha value is -1.60. The minimum absolute atomic E-state index is 0.0890. The van der Waals surface area contributed by atoms with E-state index in [9.17, 15) is 31.4 Å². The molecule has 0 bridgehead atoms. The second-order valence-electron chi connectivity index (χ2n) is 3.95. The number of halogens is 6. The zero-order chi connectivity index (χ0) is 15.0. The summed E-state index contributed by atoms with van der Waals surface area (Å²) in [7, 11) is 0. The van der Waals surface area contributed by atoms with Crippen LogP contribution in [-0.2, 0) is 0 Å². The summed E-state index contributed by atoms with van der Waals surface area (Å²) in [6, 6.07) is 1.69. The van der Waals surface area contributed by atoms with Crippen molar-refractivity contribution in [3.05, 3.63) is 23.3 Å². The van der Waals surface area contributed by atoms with Crippen LogP contribution in [0.2, 0.25) is 0 Å². The maximum absolute atomic E-state index is 13.0. The van der Waals surface area contributed by atoms with Crippen LogP contribution >= 0.6 is 0 Å². The minimum Gasteiger partial charge on any atom is -0.507 e. The molecule has 108 valence electrons. The molecule has 1 rings (SSSR count). The highest BCUT2D eigenvalue weighted by Gasteiger charge is 2.66. The lowest BCUT2D eigenvalue weighted by Crippen LogP contribution is -2.50. The van der Waals surface area contributed by atoms with Crippen LogP contribution in [0.3, 0.4) is 0 Å². The zero-order valence-corrected chi connectivity index (χ0v) is 9.86. The van der Waals surface area contributed by atoms with Gasteiger partial charge < -0.3 is 9.84 Å². The molecule has 0 heterocycles. The Balaban J connectivity index is 3.09. The normalized spacial score (nSPS) is 12.9. The van der Waals surface area contributed by atoms with Gasteiger partial charge in [-0.25, -0.2) is 8.78 Å². The molecule has 0 amide bonds. The Morgan fingerprint density at radius 3 is 1.84 bits per heavy atom. The van der Waals surface area contributed by atoms with Gasteiger partial charge in [0.2, 0.25) is 0 Å². The summed E-state index contributed by atoms with van der Waals surface area (Å²) in [5.74, 6) is -6.58. The van der Waals surface area contributed by atoms with E-state index >= 15 is 0 Å². The molecule has 0 atom stereocenters. The molecule has 0 aromatic heterocycles. The standard InChI is InChI=1S/C11H10F6O2/c1-5-3-7(4-6(2)8(5)18)19-11(16,17)10(14,15)9(12)13/h3-4,9,18H,1-2H3. The summed E-state index contributed by atoms with van der Waals surface area (Å²) in [6.45, 7) is 2.64. The number of ether oxygens (including phenoxy) is 1. The van der Waals surface area contributed by atoms with E-state index in [1.165, 1.54) is 13.8 Å². The first-order chi connectivity index (χ1) is 8.49. The Morgan fingerprint density at radius 1 is 1.05 bits per heavy atom. The first-order valence-electron chi connectivity index (χ1n) is 5.02. The average Bonchev–Trinajstić information content (AvgIpc) is 2.24. The number of hydrogen-bond acceptors (Lipinski definition) is 2. The topological polar surface area (TPSA) is 29.5 Å². The van der Waals surface area contributed by atoms with E-state index < -0.39 is 24.2 Å². The first-order valence-corrected chi connectivity index (χ1v) is 5.02. The van der Waals surface area contributed by atoms with Gasteiger partial charge in [0, 0.05) is 0 Å². The van der Waals surface area contributed by atoms with Gasteiger partial charge in [-0.15, -0.1) is 0 Å². The maximum Gasteiger partial charge on any atom is 0.470 e. The molecule has 8 heteroatoms. The molecule has 0 aliphatic heterocycles. The number of hydrogen-bond donors (Lipinski definition) is 1. The van der Waals surface area contributed by atoms with Crippen LogP contribution in [0.25, 0.3) is 0 Å². The average molecular weight is 288 g/mol. The highest BCUT2D eigenvalue weighted by molar-refractivity contribution is 5.45. The molecule has 0 aliphatic rings. The van der Waals surface area contributed by atoms with Crippen LogP contribution in [0.15, 0.2) is 12.1 Å². The van der Waals surface area contributed by atoms with Gasteiger partial charge in [0.25, 0.3) is 0 Å². The van der Waals surface area contributed by atoms with Gasteiger partial charge in [-0.05, 0) is 37.1 Å². The molecule has 2 nitrogen and oxygen atoms in total. The molecule has 19 heavy (non-hydrogen) atoms. The number of aromatic hydroxyl groups is 1. The molecule has 0 unspecified atom stereocenters. The number of alkyl halides is 6. The van der Waals surface area contributed by atoms with E-state index in [1.807, 2.05) is 0 Å². The van der Waals surface area contributed by atoms with Gasteiger partial charge in [0.15, 0.2) is 0 Å². The first kappa shape index (κ1) is 15.5. The van der Waals surface area contributed by atoms with Crippen molar-refractivity contribution < 1.29 is 36.2 Å². The van der Waals surface area contributed by atoms with Crippen LogP contribution in [0, 0.1) is 13.8 Å². The van der Waals surface area contributed by atoms with E-state index in [4.69, 9.17) is 0 Å². The Labute approximate surface area is 104 Å². The number of benzene rings is 1. The largest absolute Gasteiger partial charge is 0.507 e. The molecule has 1 aromatic carbocycles. The lowest BCUT2D eigenvalue weighted by Gasteiger charge is -2.26. The van der Waals surface area contributed by atoms with Crippen molar-refractivity contribution in [2.75, 3.05) is 0 Å². The van der Waals surface area contributed by atoms with Crippen molar-refractivity contribution in [2.24, 2.45) is 0 Å². The van der Waals surface area contributed by atoms with E-state index in [-0.39, 0.29) is 16.9 Å². The lowest BCUT2D eigenvalue weighted by molar-refractivity contribution is -0.342. The van der Waals surface area contributed by atoms with Crippen molar-refractivity contribution in [3.63, 3.8) is 0 Å². The minimum atomic E-state index is -5.62. The van der Waals surface area contributed by atoms with Gasteiger partial charge in [0.1, 0.15) is 11.5 Å². The second kappa shape index (κ2) is 4.82. The molecule has 1 N–H and O–H groups in total. The second-order valence-corrected chi connectivity index (χ2v) is 3.95. The van der Waals surface area contributed by atoms with Crippen LogP contribution < -0.4 is 4.74 Å². The smallest absolute Gasteiger partial charge is 0.470 e. The fourth-order valence-electron chi connectivity index (χ4n) is 1.32. The van der Waals surface area contributed by atoms with Crippen LogP contribution in [0.5, 0.6) is 11.5 Å². The molecule has 0 radical (unpaired) electrons. The van der Waals surface area contributed by atoms with Crippen molar-refractivity contribution in [1.82, 2.24) is 0 Å². The highest BCUT2D eigenvalue weighted by Crippen LogP contribution is 2.41. The Bertz CT molecular complexity index is 449. The third-order valence-corrected chi connectivity index (χ3v) is 2.37. The third kappa shape index (κ3) is 2.87. The van der Waals surface area contributed by atoms with E-state index in [0.717, 1.165) is 12.1 Å². The number of rotatable bonds is 4. The van der Waals surface area contributed by atoms with Crippen LogP contribution in [0.4, 0.5) is 26.3 Å². The summed E-state index contributed by atoms with van der Waals surface area (Å²) >= 11 is 0. The summed E-state index contributed by atoms with van der Waals surface area (Å²) in [6.07, 6.45) is -9.93. The summed E-state index contributed by atoms with van der Waals surface area (Å²) < 4.78 is 78.6. The van der Waals surface area contributed by atoms with Gasteiger partial charge in [-0.3, -0.25) is 0 Å². The lowest BCUT2D eigenvalue weighted by atomic mass is 10.1. The van der Waals surface area contributed by atoms with Crippen LogP contribution in [-0.4, -0.2) is 23.6 Å². The molecule has 0 aliphatic carbocycles. The van der Waals surface area contributed by atoms with E-state index in [0.29, 0.717) is 0 Å². The highest BCUT2D eigenvalue weighted by atomic mass is 19.3.